The van der Waals surface area contributed by atoms with Gasteiger partial charge >= 0.3 is 0 Å². The lowest BCUT2D eigenvalue weighted by Crippen LogP contribution is -2.38. The normalized spacial score (nSPS) is 27.1. The van der Waals surface area contributed by atoms with Crippen LogP contribution in [0.25, 0.3) is 10.8 Å². The highest BCUT2D eigenvalue weighted by molar-refractivity contribution is 6.01. The van der Waals surface area contributed by atoms with Crippen molar-refractivity contribution in [2.24, 2.45) is 11.8 Å². The Balaban J connectivity index is 1.60. The quantitative estimate of drug-likeness (QED) is 0.885. The Morgan fingerprint density at radius 2 is 1.86 bits per heavy atom. The molecule has 1 amide bonds. The van der Waals surface area contributed by atoms with Gasteiger partial charge in [0.25, 0.3) is 5.91 Å². The number of hydrogen-bond donors (Lipinski definition) is 2. The molecule has 0 spiro atoms. The Kier molecular flexibility index (Phi) is 2.88. The van der Waals surface area contributed by atoms with E-state index in [1.54, 1.807) is 12.1 Å². The minimum atomic E-state index is -0.143. The summed E-state index contributed by atoms with van der Waals surface area (Å²) < 4.78 is 0. The molecular weight excluding hydrogens is 262 g/mol. The third-order valence-electron chi connectivity index (χ3n) is 5.16. The van der Waals surface area contributed by atoms with Crippen LogP contribution in [0.3, 0.4) is 0 Å². The Morgan fingerprint density at radius 1 is 1.10 bits per heavy atom. The molecule has 2 aromatic carbocycles. The molecule has 3 heteroatoms. The highest BCUT2D eigenvalue weighted by atomic mass is 16.3. The van der Waals surface area contributed by atoms with Gasteiger partial charge < -0.3 is 10.4 Å². The first-order valence-electron chi connectivity index (χ1n) is 7.73. The van der Waals surface area contributed by atoms with Crippen molar-refractivity contribution >= 4 is 16.7 Å². The standard InChI is InChI=1S/C18H19NO2/c20-17-10-13-4-2-1-3-12(13)9-15(17)18(21)19-16-8-11-5-6-14(16)7-11/h1-4,9-11,14,16,20H,5-8H2,(H,19,21). The van der Waals surface area contributed by atoms with E-state index < -0.39 is 0 Å². The molecule has 2 N–H and O–H groups in total. The number of benzene rings is 2. The average molecular weight is 281 g/mol. The molecule has 2 bridgehead atoms. The molecule has 108 valence electrons. The zero-order chi connectivity index (χ0) is 14.4. The maximum absolute atomic E-state index is 12.5. The number of aromatic hydroxyl groups is 1. The Hall–Kier alpha value is -2.03. The van der Waals surface area contributed by atoms with Gasteiger partial charge in [-0.1, -0.05) is 30.7 Å². The third-order valence-corrected chi connectivity index (χ3v) is 5.16. The van der Waals surface area contributed by atoms with Gasteiger partial charge in [-0.15, -0.1) is 0 Å². The summed E-state index contributed by atoms with van der Waals surface area (Å²) in [6.45, 7) is 0. The summed E-state index contributed by atoms with van der Waals surface area (Å²) in [5.41, 5.74) is 0.386. The number of carbonyl (C=O) groups excluding carboxylic acids is 1. The van der Waals surface area contributed by atoms with Gasteiger partial charge in [0.15, 0.2) is 0 Å². The predicted molar refractivity (Wildman–Crippen MR) is 82.3 cm³/mol. The first-order chi connectivity index (χ1) is 10.2. The van der Waals surface area contributed by atoms with Crippen molar-refractivity contribution in [3.63, 3.8) is 0 Å². The number of phenolic OH excluding ortho intramolecular Hbond substituents is 1. The number of amides is 1. The predicted octanol–water partition coefficient (Wildman–Crippen LogP) is 3.46. The zero-order valence-electron chi connectivity index (χ0n) is 11.9. The smallest absolute Gasteiger partial charge is 0.255 e. The van der Waals surface area contributed by atoms with Crippen molar-refractivity contribution in [2.75, 3.05) is 0 Å². The molecule has 2 aromatic rings. The molecule has 21 heavy (non-hydrogen) atoms. The molecule has 3 nitrogen and oxygen atoms in total. The van der Waals surface area contributed by atoms with Crippen molar-refractivity contribution in [1.82, 2.24) is 5.32 Å². The molecule has 3 atom stereocenters. The van der Waals surface area contributed by atoms with Crippen molar-refractivity contribution in [1.29, 1.82) is 0 Å². The van der Waals surface area contributed by atoms with E-state index in [9.17, 15) is 9.90 Å². The largest absolute Gasteiger partial charge is 0.507 e. The summed E-state index contributed by atoms with van der Waals surface area (Å²) in [5, 5.41) is 15.2. The molecule has 2 fully saturated rings. The maximum Gasteiger partial charge on any atom is 0.255 e. The Morgan fingerprint density at radius 3 is 2.52 bits per heavy atom. The van der Waals surface area contributed by atoms with E-state index in [1.807, 2.05) is 24.3 Å². The number of hydrogen-bond acceptors (Lipinski definition) is 2. The van der Waals surface area contributed by atoms with Crippen molar-refractivity contribution < 1.29 is 9.90 Å². The SMILES string of the molecule is O=C(NC1CC2CCC1C2)c1cc2ccccc2cc1O. The van der Waals surface area contributed by atoms with Crippen molar-refractivity contribution in [2.45, 2.75) is 31.7 Å². The third kappa shape index (κ3) is 2.17. The van der Waals surface area contributed by atoms with Crippen molar-refractivity contribution in [3.8, 4) is 5.75 Å². The fourth-order valence-corrected chi connectivity index (χ4v) is 4.08. The summed E-state index contributed by atoms with van der Waals surface area (Å²) in [5.74, 6) is 1.36. The monoisotopic (exact) mass is 281 g/mol. The van der Waals surface area contributed by atoms with Crippen LogP contribution in [0.5, 0.6) is 5.75 Å². The molecule has 3 unspecified atom stereocenters. The van der Waals surface area contributed by atoms with E-state index in [2.05, 4.69) is 5.32 Å². The van der Waals surface area contributed by atoms with Gasteiger partial charge in [-0.25, -0.2) is 0 Å². The Bertz CT molecular complexity index is 709. The van der Waals surface area contributed by atoms with Gasteiger partial charge in [-0.05, 0) is 54.0 Å². The van der Waals surface area contributed by atoms with Crippen LogP contribution in [0, 0.1) is 11.8 Å². The zero-order valence-corrected chi connectivity index (χ0v) is 11.9. The molecule has 2 saturated carbocycles. The van der Waals surface area contributed by atoms with E-state index in [-0.39, 0.29) is 11.7 Å². The van der Waals surface area contributed by atoms with E-state index in [0.717, 1.165) is 23.1 Å². The second-order valence-electron chi connectivity index (χ2n) is 6.47. The molecule has 0 radical (unpaired) electrons. The summed E-state index contributed by atoms with van der Waals surface area (Å²) in [7, 11) is 0. The maximum atomic E-state index is 12.5. The lowest BCUT2D eigenvalue weighted by atomic mass is 9.95. The first-order valence-corrected chi connectivity index (χ1v) is 7.73. The Labute approximate surface area is 124 Å². The van der Waals surface area contributed by atoms with Gasteiger partial charge in [0, 0.05) is 6.04 Å². The molecule has 0 aliphatic heterocycles. The number of fused-ring (bicyclic) bond motifs is 3. The second kappa shape index (κ2) is 4.76. The molecule has 2 aliphatic rings. The lowest BCUT2D eigenvalue weighted by Gasteiger charge is -2.23. The van der Waals surface area contributed by atoms with Crippen LogP contribution >= 0.6 is 0 Å². The van der Waals surface area contributed by atoms with Crippen LogP contribution < -0.4 is 5.32 Å². The fourth-order valence-electron chi connectivity index (χ4n) is 4.08. The molecule has 0 saturated heterocycles. The fraction of sp³-hybridized carbons (Fsp3) is 0.389. The molecule has 0 heterocycles. The average Bonchev–Trinajstić information content (AvgIpc) is 3.09. The minimum Gasteiger partial charge on any atom is -0.507 e. The van der Waals surface area contributed by atoms with Crippen molar-refractivity contribution in [3.05, 3.63) is 42.0 Å². The highest BCUT2D eigenvalue weighted by Gasteiger charge is 2.40. The van der Waals surface area contributed by atoms with Crippen LogP contribution in [-0.2, 0) is 0 Å². The van der Waals surface area contributed by atoms with E-state index in [1.165, 1.54) is 19.3 Å². The molecule has 4 rings (SSSR count). The van der Waals surface area contributed by atoms with E-state index in [4.69, 9.17) is 0 Å². The second-order valence-corrected chi connectivity index (χ2v) is 6.47. The van der Waals surface area contributed by atoms with Crippen LogP contribution in [0.15, 0.2) is 36.4 Å². The molecule has 0 aromatic heterocycles. The van der Waals surface area contributed by atoms with Crippen LogP contribution in [0.1, 0.15) is 36.0 Å². The minimum absolute atomic E-state index is 0.0642. The van der Waals surface area contributed by atoms with E-state index >= 15 is 0 Å². The number of phenols is 1. The van der Waals surface area contributed by atoms with Crippen LogP contribution in [0.2, 0.25) is 0 Å². The number of carbonyl (C=O) groups is 1. The number of rotatable bonds is 2. The van der Waals surface area contributed by atoms with Gasteiger partial charge in [0.1, 0.15) is 5.75 Å². The van der Waals surface area contributed by atoms with Gasteiger partial charge in [0.2, 0.25) is 0 Å². The van der Waals surface area contributed by atoms with Crippen LogP contribution in [-0.4, -0.2) is 17.1 Å². The van der Waals surface area contributed by atoms with E-state index in [0.29, 0.717) is 17.5 Å². The molecule has 2 aliphatic carbocycles. The summed E-state index contributed by atoms with van der Waals surface area (Å²) in [6, 6.07) is 11.5. The summed E-state index contributed by atoms with van der Waals surface area (Å²) in [6.07, 6.45) is 4.91. The van der Waals surface area contributed by atoms with Crippen LogP contribution in [0.4, 0.5) is 0 Å². The van der Waals surface area contributed by atoms with Gasteiger partial charge in [0.05, 0.1) is 5.56 Å². The topological polar surface area (TPSA) is 49.3 Å². The van der Waals surface area contributed by atoms with Gasteiger partial charge in [-0.2, -0.15) is 0 Å². The number of nitrogens with one attached hydrogen (secondary N) is 1. The summed E-state index contributed by atoms with van der Waals surface area (Å²) >= 11 is 0. The lowest BCUT2D eigenvalue weighted by molar-refractivity contribution is 0.0920. The first kappa shape index (κ1) is 12.7. The molecular formula is C18H19NO2. The highest BCUT2D eigenvalue weighted by Crippen LogP contribution is 2.44. The summed E-state index contributed by atoms with van der Waals surface area (Å²) in [4.78, 5) is 12.5. The van der Waals surface area contributed by atoms with Gasteiger partial charge in [-0.3, -0.25) is 4.79 Å².